The Bertz CT molecular complexity index is 1060. The van der Waals surface area contributed by atoms with Crippen molar-refractivity contribution in [1.29, 1.82) is 0 Å². The predicted molar refractivity (Wildman–Crippen MR) is 123 cm³/mol. The number of nitrogens with zero attached hydrogens (tertiary/aromatic N) is 1. The summed E-state index contributed by atoms with van der Waals surface area (Å²) in [5.41, 5.74) is 3.73. The van der Waals surface area contributed by atoms with E-state index in [0.29, 0.717) is 16.9 Å². The van der Waals surface area contributed by atoms with E-state index in [9.17, 15) is 19.2 Å². The number of carbonyl (C=O) groups is 4. The van der Waals surface area contributed by atoms with E-state index >= 15 is 0 Å². The molecule has 0 aromatic heterocycles. The van der Waals surface area contributed by atoms with E-state index in [-0.39, 0.29) is 25.0 Å². The quantitative estimate of drug-likeness (QED) is 0.646. The Hall–Kier alpha value is -3.68. The number of benzene rings is 2. The molecular weight excluding hydrogens is 424 g/mol. The molecule has 174 valence electrons. The van der Waals surface area contributed by atoms with Gasteiger partial charge in [-0.15, -0.1) is 0 Å². The van der Waals surface area contributed by atoms with E-state index in [2.05, 4.69) is 5.32 Å². The minimum absolute atomic E-state index is 0.00521. The van der Waals surface area contributed by atoms with Crippen LogP contribution in [0.1, 0.15) is 41.8 Å². The van der Waals surface area contributed by atoms with Crippen molar-refractivity contribution in [2.24, 2.45) is 5.92 Å². The number of rotatable bonds is 7. The SMILES string of the molecule is Cc1ccc(NC(=O)COC(=O)[C@H]2CC(=O)N(c3ccc(C(=O)OC(C)C)cc3)C2)cc1C. The first-order chi connectivity index (χ1) is 15.6. The summed E-state index contributed by atoms with van der Waals surface area (Å²) >= 11 is 0. The normalized spacial score (nSPS) is 15.5. The van der Waals surface area contributed by atoms with Gasteiger partial charge in [-0.25, -0.2) is 4.79 Å². The van der Waals surface area contributed by atoms with Crippen molar-refractivity contribution in [3.63, 3.8) is 0 Å². The minimum atomic E-state index is -0.669. The second kappa shape index (κ2) is 10.3. The van der Waals surface area contributed by atoms with Gasteiger partial charge in [0.2, 0.25) is 5.91 Å². The molecule has 1 aliphatic heterocycles. The molecule has 0 unspecified atom stereocenters. The first-order valence-electron chi connectivity index (χ1n) is 10.8. The minimum Gasteiger partial charge on any atom is -0.459 e. The highest BCUT2D eigenvalue weighted by Crippen LogP contribution is 2.26. The van der Waals surface area contributed by atoms with Crippen LogP contribution >= 0.6 is 0 Å². The fraction of sp³-hybridized carbons (Fsp3) is 0.360. The van der Waals surface area contributed by atoms with Crippen LogP contribution in [0.25, 0.3) is 0 Å². The summed E-state index contributed by atoms with van der Waals surface area (Å²) in [4.78, 5) is 50.4. The predicted octanol–water partition coefficient (Wildman–Crippen LogP) is 3.40. The summed E-state index contributed by atoms with van der Waals surface area (Å²) in [6.45, 7) is 7.17. The van der Waals surface area contributed by atoms with Crippen LogP contribution in [0.2, 0.25) is 0 Å². The molecule has 2 aromatic rings. The summed E-state index contributed by atoms with van der Waals surface area (Å²) in [7, 11) is 0. The van der Waals surface area contributed by atoms with Gasteiger partial charge in [-0.05, 0) is 75.2 Å². The van der Waals surface area contributed by atoms with Crippen LogP contribution < -0.4 is 10.2 Å². The van der Waals surface area contributed by atoms with Crippen LogP contribution in [0.3, 0.4) is 0 Å². The molecule has 1 heterocycles. The number of ether oxygens (including phenoxy) is 2. The van der Waals surface area contributed by atoms with E-state index < -0.39 is 30.4 Å². The van der Waals surface area contributed by atoms with Gasteiger partial charge in [0.05, 0.1) is 17.6 Å². The molecule has 1 saturated heterocycles. The molecule has 1 aliphatic rings. The monoisotopic (exact) mass is 452 g/mol. The second-order valence-corrected chi connectivity index (χ2v) is 8.36. The van der Waals surface area contributed by atoms with Gasteiger partial charge in [0.1, 0.15) is 0 Å². The standard InChI is InChI=1S/C25H28N2O6/c1-15(2)33-25(31)18-6-9-21(10-7-18)27-13-19(12-23(27)29)24(30)32-14-22(28)26-20-8-5-16(3)17(4)11-20/h5-11,15,19H,12-14H2,1-4H3,(H,26,28)/t19-/m0/s1. The van der Waals surface area contributed by atoms with Crippen LogP contribution in [-0.4, -0.2) is 43.0 Å². The van der Waals surface area contributed by atoms with Crippen molar-refractivity contribution >= 4 is 35.1 Å². The molecule has 1 N–H and O–H groups in total. The Morgan fingerprint density at radius 1 is 1.06 bits per heavy atom. The Morgan fingerprint density at radius 3 is 2.39 bits per heavy atom. The molecule has 0 radical (unpaired) electrons. The lowest BCUT2D eigenvalue weighted by molar-refractivity contribution is -0.151. The Balaban J connectivity index is 1.52. The zero-order valence-corrected chi connectivity index (χ0v) is 19.2. The maximum Gasteiger partial charge on any atom is 0.338 e. The highest BCUT2D eigenvalue weighted by atomic mass is 16.5. The van der Waals surface area contributed by atoms with Crippen molar-refractivity contribution in [2.75, 3.05) is 23.4 Å². The molecule has 8 nitrogen and oxygen atoms in total. The largest absolute Gasteiger partial charge is 0.459 e. The fourth-order valence-corrected chi connectivity index (χ4v) is 3.45. The highest BCUT2D eigenvalue weighted by Gasteiger charge is 2.36. The molecule has 33 heavy (non-hydrogen) atoms. The summed E-state index contributed by atoms with van der Waals surface area (Å²) in [6.07, 6.45) is -0.235. The lowest BCUT2D eigenvalue weighted by Crippen LogP contribution is -2.28. The van der Waals surface area contributed by atoms with Gasteiger partial charge in [-0.1, -0.05) is 6.07 Å². The smallest absolute Gasteiger partial charge is 0.338 e. The molecule has 0 bridgehead atoms. The number of carbonyl (C=O) groups excluding carboxylic acids is 4. The van der Waals surface area contributed by atoms with Gasteiger partial charge < -0.3 is 19.7 Å². The number of anilines is 2. The van der Waals surface area contributed by atoms with Crippen molar-refractivity contribution in [3.8, 4) is 0 Å². The third-order valence-corrected chi connectivity index (χ3v) is 5.35. The summed E-state index contributed by atoms with van der Waals surface area (Å²) in [5, 5.41) is 2.69. The van der Waals surface area contributed by atoms with Crippen molar-refractivity contribution in [2.45, 2.75) is 40.2 Å². The fourth-order valence-electron chi connectivity index (χ4n) is 3.45. The van der Waals surface area contributed by atoms with Gasteiger partial charge in [0.25, 0.3) is 5.91 Å². The van der Waals surface area contributed by atoms with Crippen molar-refractivity contribution in [3.05, 3.63) is 59.2 Å². The van der Waals surface area contributed by atoms with E-state index in [1.54, 1.807) is 44.2 Å². The van der Waals surface area contributed by atoms with Crippen LogP contribution in [0.4, 0.5) is 11.4 Å². The van der Waals surface area contributed by atoms with Crippen molar-refractivity contribution in [1.82, 2.24) is 0 Å². The molecule has 0 aliphatic carbocycles. The van der Waals surface area contributed by atoms with Crippen LogP contribution in [-0.2, 0) is 23.9 Å². The molecular formula is C25H28N2O6. The maximum atomic E-state index is 12.4. The van der Waals surface area contributed by atoms with E-state index in [4.69, 9.17) is 9.47 Å². The van der Waals surface area contributed by atoms with Crippen molar-refractivity contribution < 1.29 is 28.7 Å². The van der Waals surface area contributed by atoms with Crippen LogP contribution in [0.5, 0.6) is 0 Å². The molecule has 1 fully saturated rings. The van der Waals surface area contributed by atoms with E-state index in [0.717, 1.165) is 11.1 Å². The molecule has 2 amide bonds. The maximum absolute atomic E-state index is 12.4. The van der Waals surface area contributed by atoms with Gasteiger partial charge in [0.15, 0.2) is 6.61 Å². The zero-order valence-electron chi connectivity index (χ0n) is 19.2. The Morgan fingerprint density at radius 2 is 1.76 bits per heavy atom. The highest BCUT2D eigenvalue weighted by molar-refractivity contribution is 6.00. The molecule has 0 spiro atoms. The average Bonchev–Trinajstić information content (AvgIpc) is 3.16. The lowest BCUT2D eigenvalue weighted by atomic mass is 10.1. The molecule has 0 saturated carbocycles. The zero-order chi connectivity index (χ0) is 24.1. The third-order valence-electron chi connectivity index (χ3n) is 5.35. The van der Waals surface area contributed by atoms with Crippen LogP contribution in [0, 0.1) is 19.8 Å². The number of hydrogen-bond acceptors (Lipinski definition) is 6. The first-order valence-corrected chi connectivity index (χ1v) is 10.8. The average molecular weight is 453 g/mol. The number of hydrogen-bond donors (Lipinski definition) is 1. The number of amides is 2. The topological polar surface area (TPSA) is 102 Å². The number of nitrogens with one attached hydrogen (secondary N) is 1. The summed E-state index contributed by atoms with van der Waals surface area (Å²) < 4.78 is 10.3. The summed E-state index contributed by atoms with van der Waals surface area (Å²) in [5.74, 6) is -2.38. The Kier molecular flexibility index (Phi) is 7.48. The molecule has 3 rings (SSSR count). The van der Waals surface area contributed by atoms with Gasteiger partial charge in [-0.2, -0.15) is 0 Å². The second-order valence-electron chi connectivity index (χ2n) is 8.36. The summed E-state index contributed by atoms with van der Waals surface area (Å²) in [6, 6.07) is 12.0. The van der Waals surface area contributed by atoms with E-state index in [1.807, 2.05) is 26.0 Å². The molecule has 8 heteroatoms. The molecule has 2 aromatic carbocycles. The number of esters is 2. The van der Waals surface area contributed by atoms with E-state index in [1.165, 1.54) is 4.90 Å². The number of aryl methyl sites for hydroxylation is 2. The van der Waals surface area contributed by atoms with Gasteiger partial charge in [0, 0.05) is 24.3 Å². The van der Waals surface area contributed by atoms with Gasteiger partial charge >= 0.3 is 11.9 Å². The van der Waals surface area contributed by atoms with Crippen LogP contribution in [0.15, 0.2) is 42.5 Å². The van der Waals surface area contributed by atoms with Gasteiger partial charge in [-0.3, -0.25) is 14.4 Å². The first kappa shape index (κ1) is 24.0. The lowest BCUT2D eigenvalue weighted by Gasteiger charge is -2.17. The Labute approximate surface area is 192 Å². The molecule has 1 atom stereocenters. The third kappa shape index (κ3) is 6.19.